The smallest absolute Gasteiger partial charge is 0.225 e. The highest BCUT2D eigenvalue weighted by Gasteiger charge is 2.09. The zero-order chi connectivity index (χ0) is 14.0. The van der Waals surface area contributed by atoms with Crippen LogP contribution in [-0.2, 0) is 6.54 Å². The first-order chi connectivity index (χ1) is 8.97. The predicted octanol–water partition coefficient (Wildman–Crippen LogP) is 2.37. The van der Waals surface area contributed by atoms with Crippen molar-refractivity contribution in [2.45, 2.75) is 20.4 Å². The van der Waals surface area contributed by atoms with Crippen molar-refractivity contribution in [2.24, 2.45) is 0 Å². The molecule has 0 aliphatic heterocycles. The van der Waals surface area contributed by atoms with Gasteiger partial charge in [0.2, 0.25) is 5.95 Å². The van der Waals surface area contributed by atoms with Gasteiger partial charge < -0.3 is 10.2 Å². The van der Waals surface area contributed by atoms with Crippen molar-refractivity contribution in [1.29, 1.82) is 0 Å². The standard InChI is InChI=1S/C12H16FN5S/c1-7-8(2)19-10(16-7)6-15-12-14-5-9(13)11(17-12)18(3)4/h5H,6H2,1-4H3,(H,14,15,17). The van der Waals surface area contributed by atoms with Crippen molar-refractivity contribution in [3.63, 3.8) is 0 Å². The molecule has 0 unspecified atom stereocenters. The molecule has 0 bridgehead atoms. The average Bonchev–Trinajstić information content (AvgIpc) is 2.67. The molecule has 19 heavy (non-hydrogen) atoms. The Morgan fingerprint density at radius 2 is 2.05 bits per heavy atom. The number of rotatable bonds is 4. The van der Waals surface area contributed by atoms with Gasteiger partial charge in [0, 0.05) is 19.0 Å². The van der Waals surface area contributed by atoms with Crippen LogP contribution in [0.3, 0.4) is 0 Å². The number of anilines is 2. The molecule has 7 heteroatoms. The number of nitrogens with one attached hydrogen (secondary N) is 1. The van der Waals surface area contributed by atoms with Gasteiger partial charge in [-0.2, -0.15) is 4.98 Å². The average molecular weight is 281 g/mol. The highest BCUT2D eigenvalue weighted by Crippen LogP contribution is 2.18. The van der Waals surface area contributed by atoms with Crippen molar-refractivity contribution >= 4 is 23.1 Å². The maximum absolute atomic E-state index is 13.4. The summed E-state index contributed by atoms with van der Waals surface area (Å²) in [4.78, 5) is 15.3. The fraction of sp³-hybridized carbons (Fsp3) is 0.417. The second-order valence-corrected chi connectivity index (χ2v) is 5.65. The minimum absolute atomic E-state index is 0.268. The minimum Gasteiger partial charge on any atom is -0.360 e. The van der Waals surface area contributed by atoms with Gasteiger partial charge in [-0.3, -0.25) is 0 Å². The van der Waals surface area contributed by atoms with Crippen LogP contribution < -0.4 is 10.2 Å². The number of aryl methyl sites for hydroxylation is 2. The molecule has 5 nitrogen and oxygen atoms in total. The summed E-state index contributed by atoms with van der Waals surface area (Å²) in [6.07, 6.45) is 1.17. The zero-order valence-corrected chi connectivity index (χ0v) is 12.2. The van der Waals surface area contributed by atoms with Crippen molar-refractivity contribution in [1.82, 2.24) is 15.0 Å². The van der Waals surface area contributed by atoms with Gasteiger partial charge in [-0.25, -0.2) is 14.4 Å². The summed E-state index contributed by atoms with van der Waals surface area (Å²) in [5.74, 6) is 0.232. The first-order valence-corrected chi connectivity index (χ1v) is 6.65. The number of halogens is 1. The maximum atomic E-state index is 13.4. The molecule has 2 rings (SSSR count). The summed E-state index contributed by atoms with van der Waals surface area (Å²) in [5.41, 5.74) is 1.04. The Morgan fingerprint density at radius 1 is 1.32 bits per heavy atom. The Kier molecular flexibility index (Phi) is 3.94. The van der Waals surface area contributed by atoms with E-state index >= 15 is 0 Å². The van der Waals surface area contributed by atoms with Crippen molar-refractivity contribution in [3.8, 4) is 0 Å². The highest BCUT2D eigenvalue weighted by atomic mass is 32.1. The summed E-state index contributed by atoms with van der Waals surface area (Å²) in [5, 5.41) is 4.02. The maximum Gasteiger partial charge on any atom is 0.225 e. The normalized spacial score (nSPS) is 10.6. The zero-order valence-electron chi connectivity index (χ0n) is 11.4. The van der Waals surface area contributed by atoms with E-state index in [0.717, 1.165) is 10.7 Å². The van der Waals surface area contributed by atoms with Crippen LogP contribution in [0, 0.1) is 19.7 Å². The number of thiazole rings is 1. The molecule has 0 aromatic carbocycles. The van der Waals surface area contributed by atoms with Crippen LogP contribution in [0.4, 0.5) is 16.2 Å². The predicted molar refractivity (Wildman–Crippen MR) is 75.2 cm³/mol. The monoisotopic (exact) mass is 281 g/mol. The van der Waals surface area contributed by atoms with Crippen LogP contribution >= 0.6 is 11.3 Å². The Hall–Kier alpha value is -1.76. The number of aromatic nitrogens is 3. The molecule has 102 valence electrons. The van der Waals surface area contributed by atoms with Crippen molar-refractivity contribution in [2.75, 3.05) is 24.3 Å². The lowest BCUT2D eigenvalue weighted by Gasteiger charge is -2.12. The quantitative estimate of drug-likeness (QED) is 0.932. The van der Waals surface area contributed by atoms with Crippen LogP contribution in [-0.4, -0.2) is 29.0 Å². The van der Waals surface area contributed by atoms with Crippen LogP contribution in [0.5, 0.6) is 0 Å². The SMILES string of the molecule is Cc1nc(CNc2ncc(F)c(N(C)C)n2)sc1C. The lowest BCUT2D eigenvalue weighted by atomic mass is 10.4. The Balaban J connectivity index is 2.09. The lowest BCUT2D eigenvalue weighted by molar-refractivity contribution is 0.612. The van der Waals surface area contributed by atoms with Crippen LogP contribution in [0.15, 0.2) is 6.20 Å². The second-order valence-electron chi connectivity index (χ2n) is 4.36. The first kappa shape index (κ1) is 13.7. The van der Waals surface area contributed by atoms with Crippen molar-refractivity contribution < 1.29 is 4.39 Å². The molecule has 0 aliphatic rings. The van der Waals surface area contributed by atoms with Crippen molar-refractivity contribution in [3.05, 3.63) is 27.6 Å². The first-order valence-electron chi connectivity index (χ1n) is 5.84. The molecule has 1 N–H and O–H groups in total. The summed E-state index contributed by atoms with van der Waals surface area (Å²) in [6, 6.07) is 0. The lowest BCUT2D eigenvalue weighted by Crippen LogP contribution is -2.15. The van der Waals surface area contributed by atoms with Gasteiger partial charge in [0.05, 0.1) is 18.4 Å². The summed E-state index contributed by atoms with van der Waals surface area (Å²) in [7, 11) is 3.48. The molecule has 0 saturated carbocycles. The fourth-order valence-electron chi connectivity index (χ4n) is 1.53. The second kappa shape index (κ2) is 5.48. The van der Waals surface area contributed by atoms with E-state index in [1.165, 1.54) is 11.1 Å². The topological polar surface area (TPSA) is 53.9 Å². The summed E-state index contributed by atoms with van der Waals surface area (Å²) in [6.45, 7) is 4.56. The number of hydrogen-bond acceptors (Lipinski definition) is 6. The van der Waals surface area contributed by atoms with Crippen LogP contribution in [0.1, 0.15) is 15.6 Å². The number of nitrogens with zero attached hydrogens (tertiary/aromatic N) is 4. The largest absolute Gasteiger partial charge is 0.360 e. The molecular weight excluding hydrogens is 265 g/mol. The van der Waals surface area contributed by atoms with Gasteiger partial charge in [-0.15, -0.1) is 11.3 Å². The molecule has 2 aromatic rings. The third-order valence-corrected chi connectivity index (χ3v) is 3.69. The highest BCUT2D eigenvalue weighted by molar-refractivity contribution is 7.11. The molecule has 0 amide bonds. The minimum atomic E-state index is -0.434. The molecule has 0 saturated heterocycles. The fourth-order valence-corrected chi connectivity index (χ4v) is 2.40. The molecule has 2 aromatic heterocycles. The molecule has 0 spiro atoms. The van der Waals surface area contributed by atoms with E-state index in [-0.39, 0.29) is 5.82 Å². The third kappa shape index (κ3) is 3.17. The van der Waals surface area contributed by atoms with E-state index in [0.29, 0.717) is 12.5 Å². The van der Waals surface area contributed by atoms with E-state index in [1.54, 1.807) is 30.3 Å². The summed E-state index contributed by atoms with van der Waals surface area (Å²) < 4.78 is 13.4. The van der Waals surface area contributed by atoms with Crippen LogP contribution in [0.2, 0.25) is 0 Å². The molecular formula is C12H16FN5S. The number of hydrogen-bond donors (Lipinski definition) is 1. The third-order valence-electron chi connectivity index (χ3n) is 2.62. The van der Waals surface area contributed by atoms with E-state index in [4.69, 9.17) is 0 Å². The van der Waals surface area contributed by atoms with Gasteiger partial charge in [-0.05, 0) is 13.8 Å². The van der Waals surface area contributed by atoms with E-state index in [2.05, 4.69) is 20.3 Å². The molecule has 0 radical (unpaired) electrons. The molecule has 2 heterocycles. The van der Waals surface area contributed by atoms with Crippen LogP contribution in [0.25, 0.3) is 0 Å². The van der Waals surface area contributed by atoms with Gasteiger partial charge in [0.1, 0.15) is 5.01 Å². The van der Waals surface area contributed by atoms with E-state index in [9.17, 15) is 4.39 Å². The van der Waals surface area contributed by atoms with E-state index in [1.807, 2.05) is 13.8 Å². The van der Waals surface area contributed by atoms with Gasteiger partial charge in [0.15, 0.2) is 11.6 Å². The Labute approximate surface area is 115 Å². The molecule has 0 fully saturated rings. The molecule has 0 aliphatic carbocycles. The van der Waals surface area contributed by atoms with Gasteiger partial charge in [0.25, 0.3) is 0 Å². The summed E-state index contributed by atoms with van der Waals surface area (Å²) >= 11 is 1.63. The molecule has 0 atom stereocenters. The Bertz CT molecular complexity index is 562. The van der Waals surface area contributed by atoms with Gasteiger partial charge >= 0.3 is 0 Å². The van der Waals surface area contributed by atoms with Gasteiger partial charge in [-0.1, -0.05) is 0 Å². The van der Waals surface area contributed by atoms with E-state index < -0.39 is 5.82 Å². The Morgan fingerprint density at radius 3 is 2.63 bits per heavy atom.